The molecule has 3 fully saturated rings. The molecule has 5 rings (SSSR count). The number of piperidine rings is 3. The van der Waals surface area contributed by atoms with Gasteiger partial charge in [-0.05, 0) is 56.0 Å². The van der Waals surface area contributed by atoms with Crippen molar-refractivity contribution >= 4 is 18.5 Å². The fraction of sp³-hybridized carbons (Fsp3) is 0.450. The lowest BCUT2D eigenvalue weighted by molar-refractivity contribution is 0.0739. The number of benzene rings is 1. The highest BCUT2D eigenvalue weighted by atomic mass is 35.5. The van der Waals surface area contributed by atoms with Gasteiger partial charge in [0.15, 0.2) is 5.76 Å². The van der Waals surface area contributed by atoms with E-state index in [-0.39, 0.29) is 12.4 Å². The van der Waals surface area contributed by atoms with Crippen LogP contribution >= 0.6 is 12.4 Å². The summed E-state index contributed by atoms with van der Waals surface area (Å²) in [5.74, 6) is 3.72. The molecule has 140 valence electrons. The van der Waals surface area contributed by atoms with Crippen LogP contribution in [0.2, 0.25) is 0 Å². The molecule has 1 atom stereocenters. The molecule has 2 aromatic rings. The van der Waals surface area contributed by atoms with Gasteiger partial charge >= 0.3 is 0 Å². The highest BCUT2D eigenvalue weighted by Crippen LogP contribution is 2.35. The first-order valence-electron chi connectivity index (χ1n) is 8.86. The van der Waals surface area contributed by atoms with Crippen LogP contribution in [0.15, 0.2) is 34.9 Å². The lowest BCUT2D eigenvalue weighted by atomic mass is 9.79. The molecule has 0 aliphatic carbocycles. The van der Waals surface area contributed by atoms with Gasteiger partial charge in [0.2, 0.25) is 0 Å². The third-order valence-corrected chi connectivity index (χ3v) is 5.43. The molecule has 5 nitrogen and oxygen atoms in total. The maximum absolute atomic E-state index is 5.51. The van der Waals surface area contributed by atoms with Gasteiger partial charge in [0.05, 0.1) is 14.2 Å². The van der Waals surface area contributed by atoms with E-state index >= 15 is 0 Å². The monoisotopic (exact) mass is 376 g/mol. The third kappa shape index (κ3) is 3.74. The number of halogens is 1. The lowest BCUT2D eigenvalue weighted by Crippen LogP contribution is -2.46. The second-order valence-corrected chi connectivity index (χ2v) is 6.84. The molecule has 1 aromatic carbocycles. The second kappa shape index (κ2) is 8.14. The van der Waals surface area contributed by atoms with Crippen LogP contribution < -0.4 is 9.47 Å². The topological polar surface area (TPSA) is 47.7 Å². The van der Waals surface area contributed by atoms with Crippen molar-refractivity contribution in [2.24, 2.45) is 11.8 Å². The summed E-state index contributed by atoms with van der Waals surface area (Å²) in [6, 6.07) is 7.65. The van der Waals surface area contributed by atoms with Crippen LogP contribution in [-0.2, 0) is 0 Å². The summed E-state index contributed by atoms with van der Waals surface area (Å²) < 4.78 is 16.2. The van der Waals surface area contributed by atoms with E-state index in [0.29, 0.717) is 5.92 Å². The molecule has 0 amide bonds. The smallest absolute Gasteiger partial charge is 0.159 e. The number of ether oxygens (including phenoxy) is 2. The molecule has 0 saturated carbocycles. The summed E-state index contributed by atoms with van der Waals surface area (Å²) in [4.78, 5) is 2.56. The Hall–Kier alpha value is -1.98. The molecule has 3 aliphatic rings. The lowest BCUT2D eigenvalue weighted by Gasteiger charge is -2.43. The zero-order valence-corrected chi connectivity index (χ0v) is 16.0. The summed E-state index contributed by atoms with van der Waals surface area (Å²) in [5, 5.41) is 4.20. The summed E-state index contributed by atoms with van der Waals surface area (Å²) in [5.41, 5.74) is 1.67. The van der Waals surface area contributed by atoms with E-state index in [1.54, 1.807) is 14.2 Å². The Morgan fingerprint density at radius 1 is 1.15 bits per heavy atom. The van der Waals surface area contributed by atoms with Gasteiger partial charge in [-0.2, -0.15) is 0 Å². The summed E-state index contributed by atoms with van der Waals surface area (Å²) >= 11 is 0. The molecule has 4 heterocycles. The predicted octanol–water partition coefficient (Wildman–Crippen LogP) is 4.14. The minimum Gasteiger partial charge on any atom is -0.497 e. The standard InChI is InChI=1S/C20H24N2O3.ClH/c1-23-16-5-6-18(20(12-16)24-2)19-11-17(25-21-19)4-3-15-13-22-9-7-14(15)8-10-22;/h3-6,11-12,14-15H,7-10,13H2,1-2H3;1H. The molecule has 3 aliphatic heterocycles. The predicted molar refractivity (Wildman–Crippen MR) is 104 cm³/mol. The molecular formula is C20H25ClN2O3. The highest BCUT2D eigenvalue weighted by Gasteiger charge is 2.32. The van der Waals surface area contributed by atoms with Crippen LogP contribution in [0.3, 0.4) is 0 Å². The largest absolute Gasteiger partial charge is 0.497 e. The second-order valence-electron chi connectivity index (χ2n) is 6.84. The molecule has 0 radical (unpaired) electrons. The number of aromatic nitrogens is 1. The fourth-order valence-corrected chi connectivity index (χ4v) is 3.95. The Labute approximate surface area is 160 Å². The first-order valence-corrected chi connectivity index (χ1v) is 8.86. The fourth-order valence-electron chi connectivity index (χ4n) is 3.95. The van der Waals surface area contributed by atoms with Gasteiger partial charge in [0.1, 0.15) is 17.2 Å². The van der Waals surface area contributed by atoms with Gasteiger partial charge in [0, 0.05) is 24.2 Å². The van der Waals surface area contributed by atoms with Crippen molar-refractivity contribution in [1.29, 1.82) is 0 Å². The minimum absolute atomic E-state index is 0. The number of methoxy groups -OCH3 is 2. The molecule has 1 unspecified atom stereocenters. The SMILES string of the molecule is COc1ccc(-c2cc(C=CC3CN4CCC3CC4)on2)c(OC)c1.Cl. The van der Waals surface area contributed by atoms with E-state index < -0.39 is 0 Å². The van der Waals surface area contributed by atoms with Crippen LogP contribution in [0.25, 0.3) is 17.3 Å². The van der Waals surface area contributed by atoms with Gasteiger partial charge in [-0.1, -0.05) is 11.2 Å². The van der Waals surface area contributed by atoms with E-state index in [1.807, 2.05) is 24.3 Å². The first kappa shape index (κ1) is 18.8. The van der Waals surface area contributed by atoms with Crippen molar-refractivity contribution in [3.63, 3.8) is 0 Å². The van der Waals surface area contributed by atoms with E-state index in [1.165, 1.54) is 32.5 Å². The summed E-state index contributed by atoms with van der Waals surface area (Å²) in [6.07, 6.45) is 7.00. The molecule has 2 bridgehead atoms. The van der Waals surface area contributed by atoms with Gasteiger partial charge in [-0.3, -0.25) is 0 Å². The number of nitrogens with zero attached hydrogens (tertiary/aromatic N) is 2. The number of hydrogen-bond acceptors (Lipinski definition) is 5. The van der Waals surface area contributed by atoms with Crippen LogP contribution in [0.5, 0.6) is 11.5 Å². The molecule has 1 aromatic heterocycles. The van der Waals surface area contributed by atoms with Gasteiger partial charge in [-0.25, -0.2) is 0 Å². The maximum atomic E-state index is 5.51. The van der Waals surface area contributed by atoms with Crippen molar-refractivity contribution in [3.8, 4) is 22.8 Å². The van der Waals surface area contributed by atoms with Crippen LogP contribution in [0.1, 0.15) is 18.6 Å². The minimum atomic E-state index is 0. The third-order valence-electron chi connectivity index (χ3n) is 5.43. The van der Waals surface area contributed by atoms with Crippen molar-refractivity contribution in [2.45, 2.75) is 12.8 Å². The van der Waals surface area contributed by atoms with E-state index in [4.69, 9.17) is 14.0 Å². The zero-order valence-electron chi connectivity index (χ0n) is 15.2. The Bertz CT molecular complexity index is 766. The Morgan fingerprint density at radius 3 is 2.62 bits per heavy atom. The molecule has 3 saturated heterocycles. The molecular weight excluding hydrogens is 352 g/mol. The van der Waals surface area contributed by atoms with E-state index in [2.05, 4.69) is 22.2 Å². The molecule has 0 N–H and O–H groups in total. The highest BCUT2D eigenvalue weighted by molar-refractivity contribution is 5.85. The van der Waals surface area contributed by atoms with Gasteiger partial charge in [-0.15, -0.1) is 12.4 Å². The number of rotatable bonds is 5. The Balaban J connectivity index is 0.00000196. The average Bonchev–Trinajstić information content (AvgIpc) is 3.15. The van der Waals surface area contributed by atoms with Gasteiger partial charge < -0.3 is 18.9 Å². The van der Waals surface area contributed by atoms with E-state index in [0.717, 1.165) is 34.4 Å². The Morgan fingerprint density at radius 2 is 1.96 bits per heavy atom. The van der Waals surface area contributed by atoms with Crippen molar-refractivity contribution in [3.05, 3.63) is 36.1 Å². The maximum Gasteiger partial charge on any atom is 0.159 e. The van der Waals surface area contributed by atoms with Crippen molar-refractivity contribution in [2.75, 3.05) is 33.9 Å². The quantitative estimate of drug-likeness (QED) is 0.785. The number of fused-ring (bicyclic) bond motifs is 3. The van der Waals surface area contributed by atoms with Crippen molar-refractivity contribution < 1.29 is 14.0 Å². The molecule has 26 heavy (non-hydrogen) atoms. The van der Waals surface area contributed by atoms with Crippen LogP contribution in [0, 0.1) is 11.8 Å². The Kier molecular flexibility index (Phi) is 5.89. The van der Waals surface area contributed by atoms with Crippen LogP contribution in [-0.4, -0.2) is 43.9 Å². The summed E-state index contributed by atoms with van der Waals surface area (Å²) in [6.45, 7) is 3.70. The summed E-state index contributed by atoms with van der Waals surface area (Å²) in [7, 11) is 3.29. The zero-order chi connectivity index (χ0) is 17.2. The average molecular weight is 377 g/mol. The van der Waals surface area contributed by atoms with Gasteiger partial charge in [0.25, 0.3) is 0 Å². The van der Waals surface area contributed by atoms with E-state index in [9.17, 15) is 0 Å². The number of hydrogen-bond donors (Lipinski definition) is 0. The van der Waals surface area contributed by atoms with Crippen LogP contribution in [0.4, 0.5) is 0 Å². The normalized spacial score (nSPS) is 24.5. The van der Waals surface area contributed by atoms with Crippen molar-refractivity contribution in [1.82, 2.24) is 10.1 Å². The first-order chi connectivity index (χ1) is 12.3. The molecule has 6 heteroatoms. The molecule has 0 spiro atoms.